The molecule has 11 atom stereocenters. The molecule has 2 aliphatic rings. The molecule has 1 unspecified atom stereocenters. The van der Waals surface area contributed by atoms with Crippen molar-refractivity contribution >= 4 is 92.8 Å². The van der Waals surface area contributed by atoms with Crippen LogP contribution in [0.15, 0.2) is 72.4 Å². The lowest BCUT2D eigenvalue weighted by molar-refractivity contribution is -0.165. The highest BCUT2D eigenvalue weighted by molar-refractivity contribution is 9.09. The maximum Gasteiger partial charge on any atom is 0.409 e. The number of esters is 1. The van der Waals surface area contributed by atoms with Crippen LogP contribution in [0.3, 0.4) is 0 Å². The number of carbonyl (C=O) groups excluding carboxylic acids is 9. The first kappa shape index (κ1) is 71.6. The Morgan fingerprint density at radius 1 is 1.02 bits per heavy atom. The van der Waals surface area contributed by atoms with E-state index < -0.39 is 114 Å². The summed E-state index contributed by atoms with van der Waals surface area (Å²) in [5.41, 5.74) is 5.41. The highest BCUT2D eigenvalue weighted by atomic mass is 79.9. The topological polar surface area (TPSA) is 336 Å². The number of para-hydroxylation sites is 1. The van der Waals surface area contributed by atoms with Crippen LogP contribution in [0.25, 0.3) is 0 Å². The van der Waals surface area contributed by atoms with E-state index in [1.165, 1.54) is 58.3 Å². The summed E-state index contributed by atoms with van der Waals surface area (Å²) in [5, 5.41) is 40.8. The molecule has 474 valence electrons. The van der Waals surface area contributed by atoms with Crippen LogP contribution >= 0.6 is 27.5 Å². The number of hydrogen-bond acceptors (Lipinski definition) is 16. The van der Waals surface area contributed by atoms with Crippen molar-refractivity contribution in [2.24, 2.45) is 23.5 Å². The van der Waals surface area contributed by atoms with Crippen molar-refractivity contribution < 1.29 is 72.3 Å². The average molecular weight is 1290 g/mol. The van der Waals surface area contributed by atoms with Crippen LogP contribution in [0.2, 0.25) is 5.02 Å². The van der Waals surface area contributed by atoms with Crippen molar-refractivity contribution in [2.75, 3.05) is 57.0 Å². The first-order chi connectivity index (χ1) is 40.6. The Balaban J connectivity index is 1.62. The second-order valence-electron chi connectivity index (χ2n) is 22.1. The largest absolute Gasteiger partial charge is 0.495 e. The molecule has 2 aromatic rings. The van der Waals surface area contributed by atoms with Gasteiger partial charge in [0.1, 0.15) is 47.5 Å². The Morgan fingerprint density at radius 3 is 2.35 bits per heavy atom. The van der Waals surface area contributed by atoms with E-state index in [0.29, 0.717) is 55.0 Å². The number of likely N-dealkylation sites (N-methyl/N-ethyl adjacent to an activating group) is 1. The van der Waals surface area contributed by atoms with Gasteiger partial charge in [0, 0.05) is 63.5 Å². The Kier molecular flexibility index (Phi) is 28.2. The molecule has 0 radical (unpaired) electrons. The first-order valence-corrected chi connectivity index (χ1v) is 29.9. The number of nitrogens with one attached hydrogen (secondary N) is 6. The number of benzene rings is 2. The Bertz CT molecular complexity index is 2820. The molecule has 4 rings (SSSR count). The number of unbranched alkanes of at least 4 members (excludes halogenated alkanes) is 1. The number of amides is 8. The fraction of sp³-hybridized carbons (Fsp3) is 0.550. The van der Waals surface area contributed by atoms with Crippen molar-refractivity contribution in [2.45, 2.75) is 147 Å². The molecule has 0 aliphatic carbocycles. The highest BCUT2D eigenvalue weighted by Crippen LogP contribution is 2.38. The fourth-order valence-corrected chi connectivity index (χ4v) is 10.4. The molecule has 4 bridgehead atoms. The van der Waals surface area contributed by atoms with Gasteiger partial charge in [-0.05, 0) is 88.1 Å². The minimum atomic E-state index is -2.00. The van der Waals surface area contributed by atoms with Gasteiger partial charge >= 0.3 is 18.1 Å². The number of alkyl halides is 1. The first-order valence-electron chi connectivity index (χ1n) is 28.4. The number of alkyl carbamates (subject to hydrolysis) is 1. The summed E-state index contributed by atoms with van der Waals surface area (Å²) >= 11 is 10.0. The number of nitrogens with zero attached hydrogens (tertiary/aromatic N) is 2. The van der Waals surface area contributed by atoms with Gasteiger partial charge in [-0.15, -0.1) is 0 Å². The number of urea groups is 1. The second kappa shape index (κ2) is 33.9. The van der Waals surface area contributed by atoms with Crippen LogP contribution in [0, 0.1) is 17.8 Å². The molecule has 8 amide bonds. The van der Waals surface area contributed by atoms with Gasteiger partial charge < -0.3 is 70.8 Å². The molecule has 86 heavy (non-hydrogen) atoms. The maximum atomic E-state index is 14.5. The molecule has 10 N–H and O–H groups in total. The molecule has 2 aliphatic heterocycles. The standard InChI is InChI=1S/C60H85BrClN9O15/c1-33(2)51(66-40(32-72)19-14-15-24-64-53(75)35(4)31-61)55(77)68-43(22-17-25-65-58(63)80)54(76)67-42-21-13-12-20-41(42)56(78)70(8)38(7)57(79)85-45-29-49(73)71(9)44-27-39(28-46(83-10)50(44)62)26-34(3)18-16-23-48(84-11)60(82)30-47(86-59(81)69-60)37(6)52(74)36(45)5/h12-13,16,18,20-21,23,27-28,32-33,36-38,40,43,45,47-48,51-52,66,74,82H,4,14-15,17,19,22,24-26,29-31H2,1-3,5-11H3,(H,64,75)(H,67,76)(H,68,77)(H,69,81)(H3,63,65,80)/b23-16+,34-18+/t36-,37-,38+,40?,43+,45+,47+,48-,51+,52-,60+/m1/s1. The van der Waals surface area contributed by atoms with Crippen molar-refractivity contribution in [1.82, 2.24) is 31.5 Å². The smallest absolute Gasteiger partial charge is 0.409 e. The van der Waals surface area contributed by atoms with Crippen molar-refractivity contribution in [3.63, 3.8) is 0 Å². The Hall–Kier alpha value is -6.90. The van der Waals surface area contributed by atoms with Crippen LogP contribution in [-0.2, 0) is 49.4 Å². The molecule has 2 heterocycles. The number of halogens is 2. The van der Waals surface area contributed by atoms with E-state index in [1.54, 1.807) is 64.1 Å². The van der Waals surface area contributed by atoms with Gasteiger partial charge in [0.15, 0.2) is 5.72 Å². The van der Waals surface area contributed by atoms with Gasteiger partial charge in [-0.1, -0.05) is 97.7 Å². The number of rotatable bonds is 25. The lowest BCUT2D eigenvalue weighted by atomic mass is 9.81. The summed E-state index contributed by atoms with van der Waals surface area (Å²) in [6, 6.07) is 4.25. The minimum absolute atomic E-state index is 0.000529. The summed E-state index contributed by atoms with van der Waals surface area (Å²) in [4.78, 5) is 123. The van der Waals surface area contributed by atoms with Crippen molar-refractivity contribution in [1.29, 1.82) is 0 Å². The minimum Gasteiger partial charge on any atom is -0.495 e. The van der Waals surface area contributed by atoms with Gasteiger partial charge in [0.2, 0.25) is 23.6 Å². The van der Waals surface area contributed by atoms with Gasteiger partial charge in [-0.2, -0.15) is 0 Å². The third kappa shape index (κ3) is 20.1. The molecule has 1 fully saturated rings. The van der Waals surface area contributed by atoms with Gasteiger partial charge in [-0.25, -0.2) is 14.4 Å². The van der Waals surface area contributed by atoms with Crippen molar-refractivity contribution in [3.05, 3.63) is 88.5 Å². The van der Waals surface area contributed by atoms with Gasteiger partial charge in [-0.3, -0.25) is 34.6 Å². The second-order valence-corrected chi connectivity index (χ2v) is 23.1. The Labute approximate surface area is 516 Å². The molecule has 0 spiro atoms. The summed E-state index contributed by atoms with van der Waals surface area (Å²) in [6.45, 7) is 14.0. The molecule has 0 aromatic heterocycles. The lowest BCUT2D eigenvalue weighted by Crippen LogP contribution is -2.64. The zero-order chi connectivity index (χ0) is 64.2. The number of anilines is 2. The molecule has 24 nitrogen and oxygen atoms in total. The number of nitrogens with two attached hydrogens (primary N) is 1. The summed E-state index contributed by atoms with van der Waals surface area (Å²) in [5.74, 6) is -6.13. The number of hydrogen-bond donors (Lipinski definition) is 9. The van der Waals surface area contributed by atoms with Crippen molar-refractivity contribution in [3.8, 4) is 5.75 Å². The Morgan fingerprint density at radius 2 is 1.71 bits per heavy atom. The summed E-state index contributed by atoms with van der Waals surface area (Å²) in [7, 11) is 5.61. The number of carbonyl (C=O) groups is 9. The quantitative estimate of drug-likeness (QED) is 0.0209. The normalized spacial score (nSPS) is 23.3. The molecular weight excluding hydrogens is 1200 g/mol. The van der Waals surface area contributed by atoms with E-state index in [-0.39, 0.29) is 65.3 Å². The molecule has 1 saturated heterocycles. The number of fused-ring (bicyclic) bond motifs is 4. The monoisotopic (exact) mass is 1290 g/mol. The molecule has 0 saturated carbocycles. The van der Waals surface area contributed by atoms with Gasteiger partial charge in [0.05, 0.1) is 48.7 Å². The number of aliphatic hydroxyl groups excluding tert-OH is 1. The predicted molar refractivity (Wildman–Crippen MR) is 327 cm³/mol. The SMILES string of the molecule is C=C(CBr)C(=O)NCCCCC(C=O)N[C@H](C(=O)N[C@@H](CCCNC(N)=O)C(=O)Nc1ccccc1C(=O)N(C)[C@@H](C)C(=O)O[C@H]1CC(=O)N(C)c2cc(cc(OC)c2Cl)C/C(C)=C/C=C/[C@@H](OC)[C@@]2(O)C[C@H](OC(=O)N2)[C@@H](C)[C@H](O)[C@@H]1C)C(C)C. The third-order valence-corrected chi connectivity index (χ3v) is 16.4. The van der Waals surface area contributed by atoms with E-state index >= 15 is 0 Å². The van der Waals surface area contributed by atoms with Crippen LogP contribution in [-0.4, -0.2) is 170 Å². The van der Waals surface area contributed by atoms with Crippen LogP contribution < -0.4 is 47.3 Å². The summed E-state index contributed by atoms with van der Waals surface area (Å²) in [6.07, 6.45) is 0.840. The van der Waals surface area contributed by atoms with E-state index in [1.807, 2.05) is 6.92 Å². The van der Waals surface area contributed by atoms with Crippen LogP contribution in [0.4, 0.5) is 21.0 Å². The van der Waals surface area contributed by atoms with Gasteiger partial charge in [0.25, 0.3) is 5.91 Å². The highest BCUT2D eigenvalue weighted by Gasteiger charge is 2.49. The maximum absolute atomic E-state index is 14.5. The molecule has 26 heteroatoms. The lowest BCUT2D eigenvalue weighted by Gasteiger charge is -2.43. The predicted octanol–water partition coefficient (Wildman–Crippen LogP) is 4.96. The number of aldehydes is 1. The van der Waals surface area contributed by atoms with Crippen LogP contribution in [0.1, 0.15) is 102 Å². The number of ether oxygens (including phenoxy) is 4. The number of allylic oxidation sites excluding steroid dienone is 3. The molecular formula is C60H85BrClN9O15. The third-order valence-electron chi connectivity index (χ3n) is 15.4. The van der Waals surface area contributed by atoms with E-state index in [2.05, 4.69) is 54.4 Å². The average Bonchev–Trinajstić information content (AvgIpc) is 1.80. The molecule has 2 aromatic carbocycles. The number of primary amides is 1. The van der Waals surface area contributed by atoms with E-state index in [9.17, 15) is 53.4 Å². The zero-order valence-electron chi connectivity index (χ0n) is 50.5. The van der Waals surface area contributed by atoms with Crippen LogP contribution in [0.5, 0.6) is 5.75 Å². The zero-order valence-corrected chi connectivity index (χ0v) is 52.9. The number of aliphatic hydroxyl groups is 2. The number of methoxy groups -OCH3 is 2. The van der Waals surface area contributed by atoms with E-state index in [4.69, 9.17) is 36.3 Å². The fourth-order valence-electron chi connectivity index (χ4n) is 9.88. The summed E-state index contributed by atoms with van der Waals surface area (Å²) < 4.78 is 23.0. The van der Waals surface area contributed by atoms with E-state index in [0.717, 1.165) is 10.5 Å².